The average molecular weight is 323 g/mol. The molecular formula is C14H21N5O2S. The zero-order valence-electron chi connectivity index (χ0n) is 12.4. The van der Waals surface area contributed by atoms with Gasteiger partial charge in [0.1, 0.15) is 11.9 Å². The van der Waals surface area contributed by atoms with Gasteiger partial charge in [-0.3, -0.25) is 15.0 Å². The molecule has 22 heavy (non-hydrogen) atoms. The standard InChI is InChI=1S/C14H21N5O2S/c1-7(15)14(21)19-11(12(20)8-3-2-6-18-8)9-4-5-10(22-9)13(16)17/h4-5,7-8,11,18H,2-3,6,15H2,1H3,(H3,16,17)(H,19,21)/t7-,8-,11?/m0/s1. The quantitative estimate of drug-likeness (QED) is 0.367. The van der Waals surface area contributed by atoms with E-state index in [-0.39, 0.29) is 23.6 Å². The second kappa shape index (κ2) is 6.99. The highest BCUT2D eigenvalue weighted by Crippen LogP contribution is 2.26. The molecule has 0 spiro atoms. The van der Waals surface area contributed by atoms with Crippen molar-refractivity contribution >= 4 is 28.9 Å². The van der Waals surface area contributed by atoms with E-state index in [1.54, 1.807) is 19.1 Å². The van der Waals surface area contributed by atoms with E-state index in [9.17, 15) is 9.59 Å². The Morgan fingerprint density at radius 3 is 2.73 bits per heavy atom. The number of hydrogen-bond donors (Lipinski definition) is 5. The van der Waals surface area contributed by atoms with Crippen molar-refractivity contribution in [2.75, 3.05) is 6.54 Å². The fraction of sp³-hybridized carbons (Fsp3) is 0.500. The summed E-state index contributed by atoms with van der Waals surface area (Å²) in [7, 11) is 0. The molecule has 1 aromatic rings. The zero-order valence-corrected chi connectivity index (χ0v) is 13.2. The molecule has 0 aromatic carbocycles. The SMILES string of the molecule is C[C@H](N)C(=O)NC(C(=O)[C@@H]1CCCN1)c1ccc(C(=N)N)s1. The molecule has 0 saturated carbocycles. The second-order valence-electron chi connectivity index (χ2n) is 5.40. The van der Waals surface area contributed by atoms with E-state index in [0.29, 0.717) is 9.75 Å². The molecule has 1 amide bonds. The average Bonchev–Trinajstić information content (AvgIpc) is 3.14. The molecule has 7 nitrogen and oxygen atoms in total. The molecule has 1 unspecified atom stereocenters. The van der Waals surface area contributed by atoms with Gasteiger partial charge in [-0.15, -0.1) is 11.3 Å². The maximum absolute atomic E-state index is 12.7. The van der Waals surface area contributed by atoms with Crippen molar-refractivity contribution in [1.82, 2.24) is 10.6 Å². The molecule has 1 aliphatic rings. The highest BCUT2D eigenvalue weighted by Gasteiger charge is 2.32. The van der Waals surface area contributed by atoms with Gasteiger partial charge in [0.25, 0.3) is 0 Å². The highest BCUT2D eigenvalue weighted by atomic mass is 32.1. The molecule has 2 rings (SSSR count). The Labute approximate surface area is 133 Å². The van der Waals surface area contributed by atoms with E-state index >= 15 is 0 Å². The van der Waals surface area contributed by atoms with Gasteiger partial charge < -0.3 is 22.1 Å². The molecule has 0 radical (unpaired) electrons. The highest BCUT2D eigenvalue weighted by molar-refractivity contribution is 7.14. The van der Waals surface area contributed by atoms with Crippen LogP contribution in [0.25, 0.3) is 0 Å². The Morgan fingerprint density at radius 2 is 2.23 bits per heavy atom. The molecule has 3 atom stereocenters. The van der Waals surface area contributed by atoms with Gasteiger partial charge in [0.2, 0.25) is 5.91 Å². The largest absolute Gasteiger partial charge is 0.383 e. The molecule has 1 saturated heterocycles. The number of Topliss-reactive ketones (excluding diaryl/α,β-unsaturated/α-hetero) is 1. The van der Waals surface area contributed by atoms with Gasteiger partial charge in [-0.2, -0.15) is 0 Å². The summed E-state index contributed by atoms with van der Waals surface area (Å²) in [6.07, 6.45) is 1.70. The van der Waals surface area contributed by atoms with E-state index in [1.807, 2.05) is 0 Å². The van der Waals surface area contributed by atoms with Crippen molar-refractivity contribution in [1.29, 1.82) is 5.41 Å². The fourth-order valence-electron chi connectivity index (χ4n) is 2.34. The molecule has 120 valence electrons. The summed E-state index contributed by atoms with van der Waals surface area (Å²) >= 11 is 1.24. The van der Waals surface area contributed by atoms with Gasteiger partial charge in [-0.25, -0.2) is 0 Å². The number of nitrogen functional groups attached to an aromatic ring is 1. The first-order valence-electron chi connectivity index (χ1n) is 7.17. The van der Waals surface area contributed by atoms with Crippen LogP contribution in [-0.4, -0.2) is 36.2 Å². The molecule has 1 aliphatic heterocycles. The van der Waals surface area contributed by atoms with Gasteiger partial charge >= 0.3 is 0 Å². The lowest BCUT2D eigenvalue weighted by Gasteiger charge is -2.21. The third kappa shape index (κ3) is 3.70. The third-order valence-electron chi connectivity index (χ3n) is 3.57. The number of rotatable bonds is 6. The predicted octanol–water partition coefficient (Wildman–Crippen LogP) is -0.142. The van der Waals surface area contributed by atoms with E-state index in [2.05, 4.69) is 10.6 Å². The summed E-state index contributed by atoms with van der Waals surface area (Å²) in [5.41, 5.74) is 11.0. The van der Waals surface area contributed by atoms with Crippen LogP contribution in [0.15, 0.2) is 12.1 Å². The minimum absolute atomic E-state index is 0.0556. The molecule has 0 bridgehead atoms. The smallest absolute Gasteiger partial charge is 0.237 e. The van der Waals surface area contributed by atoms with E-state index in [0.717, 1.165) is 19.4 Å². The Hall–Kier alpha value is -1.77. The molecule has 7 N–H and O–H groups in total. The number of carbonyl (C=O) groups excluding carboxylic acids is 2. The van der Waals surface area contributed by atoms with Crippen LogP contribution in [0.1, 0.15) is 35.6 Å². The number of carbonyl (C=O) groups is 2. The van der Waals surface area contributed by atoms with Crippen LogP contribution in [-0.2, 0) is 9.59 Å². The maximum atomic E-state index is 12.7. The van der Waals surface area contributed by atoms with Gasteiger partial charge in [0, 0.05) is 4.88 Å². The summed E-state index contributed by atoms with van der Waals surface area (Å²) in [4.78, 5) is 25.8. The Morgan fingerprint density at radius 1 is 1.50 bits per heavy atom. The lowest BCUT2D eigenvalue weighted by atomic mass is 10.0. The van der Waals surface area contributed by atoms with Gasteiger partial charge in [0.05, 0.1) is 17.0 Å². The van der Waals surface area contributed by atoms with Crippen molar-refractivity contribution in [3.05, 3.63) is 21.9 Å². The van der Waals surface area contributed by atoms with Gasteiger partial charge in [-0.1, -0.05) is 0 Å². The van der Waals surface area contributed by atoms with Crippen LogP contribution in [0, 0.1) is 5.41 Å². The van der Waals surface area contributed by atoms with Crippen molar-refractivity contribution in [2.24, 2.45) is 11.5 Å². The monoisotopic (exact) mass is 323 g/mol. The molecule has 1 fully saturated rings. The summed E-state index contributed by atoms with van der Waals surface area (Å²) in [6, 6.07) is 1.69. The summed E-state index contributed by atoms with van der Waals surface area (Å²) in [5, 5.41) is 13.3. The van der Waals surface area contributed by atoms with Crippen LogP contribution in [0.2, 0.25) is 0 Å². The lowest BCUT2D eigenvalue weighted by molar-refractivity contribution is -0.129. The Kier molecular flexibility index (Phi) is 5.28. The third-order valence-corrected chi connectivity index (χ3v) is 4.75. The lowest BCUT2D eigenvalue weighted by Crippen LogP contribution is -2.46. The normalized spacial score (nSPS) is 20.4. The summed E-state index contributed by atoms with van der Waals surface area (Å²) in [6.45, 7) is 2.37. The van der Waals surface area contributed by atoms with Crippen molar-refractivity contribution < 1.29 is 9.59 Å². The molecule has 0 aliphatic carbocycles. The number of ketones is 1. The van der Waals surface area contributed by atoms with Gasteiger partial charge in [-0.05, 0) is 38.4 Å². The Bertz CT molecular complexity index is 578. The fourth-order valence-corrected chi connectivity index (χ4v) is 3.27. The van der Waals surface area contributed by atoms with E-state index in [4.69, 9.17) is 16.9 Å². The number of nitrogens with one attached hydrogen (secondary N) is 3. The number of thiophene rings is 1. The van der Waals surface area contributed by atoms with Crippen LogP contribution >= 0.6 is 11.3 Å². The van der Waals surface area contributed by atoms with Crippen LogP contribution in [0.3, 0.4) is 0 Å². The van der Waals surface area contributed by atoms with Crippen LogP contribution in [0.5, 0.6) is 0 Å². The second-order valence-corrected chi connectivity index (χ2v) is 6.51. The van der Waals surface area contributed by atoms with Crippen molar-refractivity contribution in [3.63, 3.8) is 0 Å². The first-order chi connectivity index (χ1) is 10.4. The molecule has 2 heterocycles. The number of hydrogen-bond acceptors (Lipinski definition) is 6. The van der Waals surface area contributed by atoms with Crippen molar-refractivity contribution in [2.45, 2.75) is 37.9 Å². The molecule has 1 aromatic heterocycles. The number of amides is 1. The van der Waals surface area contributed by atoms with Crippen LogP contribution in [0.4, 0.5) is 0 Å². The summed E-state index contributed by atoms with van der Waals surface area (Å²) < 4.78 is 0. The topological polar surface area (TPSA) is 134 Å². The maximum Gasteiger partial charge on any atom is 0.237 e. The number of nitrogens with two attached hydrogens (primary N) is 2. The zero-order chi connectivity index (χ0) is 16.3. The molecular weight excluding hydrogens is 302 g/mol. The molecule has 8 heteroatoms. The first kappa shape index (κ1) is 16.6. The van der Waals surface area contributed by atoms with Crippen LogP contribution < -0.4 is 22.1 Å². The first-order valence-corrected chi connectivity index (χ1v) is 7.99. The Balaban J connectivity index is 2.24. The predicted molar refractivity (Wildman–Crippen MR) is 85.9 cm³/mol. The van der Waals surface area contributed by atoms with Gasteiger partial charge in [0.15, 0.2) is 5.78 Å². The van der Waals surface area contributed by atoms with Crippen molar-refractivity contribution in [3.8, 4) is 0 Å². The minimum Gasteiger partial charge on any atom is -0.383 e. The summed E-state index contributed by atoms with van der Waals surface area (Å²) in [5.74, 6) is -0.516. The van der Waals surface area contributed by atoms with E-state index < -0.39 is 12.1 Å². The minimum atomic E-state index is -0.757. The number of amidine groups is 1. The van der Waals surface area contributed by atoms with E-state index in [1.165, 1.54) is 11.3 Å².